The van der Waals surface area contributed by atoms with Crippen LogP contribution in [0.1, 0.15) is 38.3 Å². The van der Waals surface area contributed by atoms with Gasteiger partial charge in [0.05, 0.1) is 19.8 Å². The molecule has 3 fully saturated rings. The zero-order chi connectivity index (χ0) is 22.3. The van der Waals surface area contributed by atoms with E-state index in [-0.39, 0.29) is 23.7 Å². The van der Waals surface area contributed by atoms with E-state index in [0.29, 0.717) is 12.5 Å². The fourth-order valence-electron chi connectivity index (χ4n) is 5.25. The molecule has 0 saturated carbocycles. The summed E-state index contributed by atoms with van der Waals surface area (Å²) in [5.74, 6) is 2.11. The predicted molar refractivity (Wildman–Crippen MR) is 123 cm³/mol. The summed E-state index contributed by atoms with van der Waals surface area (Å²) in [5, 5.41) is 3.17. The monoisotopic (exact) mass is 436 g/mol. The molecule has 2 aromatic carbocycles. The average molecular weight is 437 g/mol. The molecule has 3 saturated heterocycles. The second kappa shape index (κ2) is 8.32. The van der Waals surface area contributed by atoms with Gasteiger partial charge in [0, 0.05) is 17.5 Å². The molecule has 2 aromatic rings. The van der Waals surface area contributed by atoms with Crippen molar-refractivity contribution in [1.82, 2.24) is 10.2 Å². The number of rotatable bonds is 4. The molecular formula is C26H32N2O4. The largest absolute Gasteiger partial charge is 0.497 e. The number of nitrogens with one attached hydrogen (secondary N) is 1. The van der Waals surface area contributed by atoms with Crippen LogP contribution in [-0.2, 0) is 4.74 Å². The molecule has 2 atom stereocenters. The highest BCUT2D eigenvalue weighted by Gasteiger charge is 2.41. The van der Waals surface area contributed by atoms with E-state index in [0.717, 1.165) is 60.7 Å². The van der Waals surface area contributed by atoms with Crippen LogP contribution in [0.15, 0.2) is 42.5 Å². The summed E-state index contributed by atoms with van der Waals surface area (Å²) in [6.45, 7) is 7.86. The summed E-state index contributed by atoms with van der Waals surface area (Å²) < 4.78 is 17.4. The van der Waals surface area contributed by atoms with Crippen LogP contribution in [0, 0.1) is 11.3 Å². The number of alkyl carbamates (subject to hydrolysis) is 1. The van der Waals surface area contributed by atoms with Crippen molar-refractivity contribution in [2.45, 2.75) is 38.8 Å². The summed E-state index contributed by atoms with van der Waals surface area (Å²) >= 11 is 0. The lowest BCUT2D eigenvalue weighted by atomic mass is 9.78. The number of ether oxygens (including phenoxy) is 3. The Hall–Kier alpha value is -2.73. The molecule has 6 heteroatoms. The lowest BCUT2D eigenvalue weighted by Crippen LogP contribution is -2.53. The molecule has 6 nitrogen and oxygen atoms in total. The van der Waals surface area contributed by atoms with Gasteiger partial charge in [-0.2, -0.15) is 0 Å². The SMILES string of the molecule is COc1cccc(-c2ccc3c(c2)OCC(C)(C)C3NC(=O)O[C@H]2CN3CCC2CC3)c1. The van der Waals surface area contributed by atoms with Crippen molar-refractivity contribution in [1.29, 1.82) is 0 Å². The second-order valence-electron chi connectivity index (χ2n) is 9.92. The summed E-state index contributed by atoms with van der Waals surface area (Å²) in [4.78, 5) is 15.3. The van der Waals surface area contributed by atoms with Gasteiger partial charge in [-0.1, -0.05) is 38.1 Å². The smallest absolute Gasteiger partial charge is 0.407 e. The first-order chi connectivity index (χ1) is 15.4. The van der Waals surface area contributed by atoms with Gasteiger partial charge in [-0.3, -0.25) is 4.90 Å². The third kappa shape index (κ3) is 4.04. The van der Waals surface area contributed by atoms with E-state index in [1.165, 1.54) is 0 Å². The fourth-order valence-corrected chi connectivity index (χ4v) is 5.25. The number of fused-ring (bicyclic) bond motifs is 4. The third-order valence-corrected chi connectivity index (χ3v) is 7.23. The van der Waals surface area contributed by atoms with Crippen molar-refractivity contribution in [3.8, 4) is 22.6 Å². The Morgan fingerprint density at radius 1 is 1.12 bits per heavy atom. The number of carbonyl (C=O) groups excluding carboxylic acids is 1. The Balaban J connectivity index is 1.35. The maximum atomic E-state index is 12.9. The first-order valence-corrected chi connectivity index (χ1v) is 11.5. The highest BCUT2D eigenvalue weighted by molar-refractivity contribution is 5.71. The Labute approximate surface area is 189 Å². The van der Waals surface area contributed by atoms with E-state index < -0.39 is 0 Å². The topological polar surface area (TPSA) is 60.0 Å². The standard InChI is InChI=1S/C26H32N2O4/c1-26(2)16-31-22-14-19(18-5-4-6-20(13-18)30-3)7-8-21(22)24(26)27-25(29)32-23-15-28-11-9-17(23)10-12-28/h4-8,13-14,17,23-24H,9-12,15-16H2,1-3H3,(H,27,29)/t23-,24?/m0/s1. The van der Waals surface area contributed by atoms with E-state index in [1.54, 1.807) is 7.11 Å². The fraction of sp³-hybridized carbons (Fsp3) is 0.500. The van der Waals surface area contributed by atoms with Crippen LogP contribution in [0.3, 0.4) is 0 Å². The number of carbonyl (C=O) groups is 1. The van der Waals surface area contributed by atoms with Gasteiger partial charge in [-0.25, -0.2) is 4.79 Å². The Bertz CT molecular complexity index is 997. The van der Waals surface area contributed by atoms with Crippen molar-refractivity contribution in [3.63, 3.8) is 0 Å². The van der Waals surface area contributed by atoms with Crippen molar-refractivity contribution >= 4 is 6.09 Å². The Morgan fingerprint density at radius 2 is 1.91 bits per heavy atom. The van der Waals surface area contributed by atoms with Crippen molar-refractivity contribution in [2.24, 2.45) is 11.3 Å². The molecule has 6 rings (SSSR count). The number of methoxy groups -OCH3 is 1. The molecular weight excluding hydrogens is 404 g/mol. The first kappa shape index (κ1) is 21.1. The van der Waals surface area contributed by atoms with Crippen LogP contribution in [0.2, 0.25) is 0 Å². The zero-order valence-electron chi connectivity index (χ0n) is 19.1. The number of hydrogen-bond donors (Lipinski definition) is 1. The number of amides is 1. The van der Waals surface area contributed by atoms with Crippen molar-refractivity contribution < 1.29 is 19.0 Å². The highest BCUT2D eigenvalue weighted by Crippen LogP contribution is 2.44. The van der Waals surface area contributed by atoms with Crippen LogP contribution < -0.4 is 14.8 Å². The van der Waals surface area contributed by atoms with Crippen LogP contribution >= 0.6 is 0 Å². The second-order valence-corrected chi connectivity index (χ2v) is 9.92. The molecule has 32 heavy (non-hydrogen) atoms. The molecule has 4 aliphatic heterocycles. The maximum absolute atomic E-state index is 12.9. The van der Waals surface area contributed by atoms with Crippen LogP contribution in [0.5, 0.6) is 11.5 Å². The van der Waals surface area contributed by atoms with Crippen molar-refractivity contribution in [3.05, 3.63) is 48.0 Å². The maximum Gasteiger partial charge on any atom is 0.407 e. The number of benzene rings is 2. The summed E-state index contributed by atoms with van der Waals surface area (Å²) in [6.07, 6.45) is 1.91. The van der Waals surface area contributed by atoms with Gasteiger partial charge in [0.25, 0.3) is 0 Å². The average Bonchev–Trinajstić information content (AvgIpc) is 2.81. The van der Waals surface area contributed by atoms with E-state index >= 15 is 0 Å². The van der Waals surface area contributed by atoms with Crippen LogP contribution in [-0.4, -0.2) is 50.4 Å². The summed E-state index contributed by atoms with van der Waals surface area (Å²) in [5.41, 5.74) is 2.85. The van der Waals surface area contributed by atoms with Crippen molar-refractivity contribution in [2.75, 3.05) is 33.4 Å². The molecule has 2 bridgehead atoms. The minimum absolute atomic E-state index is 0.00430. The van der Waals surface area contributed by atoms with E-state index in [2.05, 4.69) is 42.3 Å². The number of nitrogens with zero attached hydrogens (tertiary/aromatic N) is 1. The number of hydrogen-bond acceptors (Lipinski definition) is 5. The first-order valence-electron chi connectivity index (χ1n) is 11.5. The molecule has 1 amide bonds. The van der Waals surface area contributed by atoms with Gasteiger partial charge in [0.1, 0.15) is 17.6 Å². The van der Waals surface area contributed by atoms with Gasteiger partial charge < -0.3 is 19.5 Å². The van der Waals surface area contributed by atoms with Gasteiger partial charge >= 0.3 is 6.09 Å². The quantitative estimate of drug-likeness (QED) is 0.757. The lowest BCUT2D eigenvalue weighted by Gasteiger charge is -2.44. The van der Waals surface area contributed by atoms with Gasteiger partial charge in [-0.05, 0) is 61.2 Å². The zero-order valence-corrected chi connectivity index (χ0v) is 19.1. The minimum atomic E-state index is -0.327. The predicted octanol–water partition coefficient (Wildman–Crippen LogP) is 4.64. The van der Waals surface area contributed by atoms with Crippen LogP contribution in [0.4, 0.5) is 4.79 Å². The third-order valence-electron chi connectivity index (χ3n) is 7.23. The summed E-state index contributed by atoms with van der Waals surface area (Å²) in [7, 11) is 1.67. The highest BCUT2D eigenvalue weighted by atomic mass is 16.6. The number of piperidine rings is 3. The van der Waals surface area contributed by atoms with Crippen LogP contribution in [0.25, 0.3) is 11.1 Å². The normalized spacial score (nSPS) is 27.7. The van der Waals surface area contributed by atoms with Gasteiger partial charge in [0.2, 0.25) is 0 Å². The molecule has 0 radical (unpaired) electrons. The van der Waals surface area contributed by atoms with E-state index in [4.69, 9.17) is 14.2 Å². The lowest BCUT2D eigenvalue weighted by molar-refractivity contribution is -0.0361. The molecule has 0 aromatic heterocycles. The Kier molecular flexibility index (Phi) is 5.49. The van der Waals surface area contributed by atoms with E-state index in [9.17, 15) is 4.79 Å². The summed E-state index contributed by atoms with van der Waals surface area (Å²) in [6, 6.07) is 14.0. The molecule has 4 heterocycles. The Morgan fingerprint density at radius 3 is 2.62 bits per heavy atom. The molecule has 4 aliphatic rings. The molecule has 0 aliphatic carbocycles. The van der Waals surface area contributed by atoms with E-state index in [1.807, 2.05) is 24.3 Å². The minimum Gasteiger partial charge on any atom is -0.497 e. The van der Waals surface area contributed by atoms with Gasteiger partial charge in [-0.15, -0.1) is 0 Å². The molecule has 1 N–H and O–H groups in total. The van der Waals surface area contributed by atoms with Gasteiger partial charge in [0.15, 0.2) is 0 Å². The molecule has 1 unspecified atom stereocenters. The molecule has 0 spiro atoms. The molecule has 170 valence electrons.